The normalized spacial score (nSPS) is 11.3. The Hall–Kier alpha value is -2.04. The van der Waals surface area contributed by atoms with Crippen molar-refractivity contribution >= 4 is 45.3 Å². The summed E-state index contributed by atoms with van der Waals surface area (Å²) in [5.74, 6) is 0.776. The number of fused-ring (bicyclic) bond motifs is 2. The molecule has 3 nitrogen and oxygen atoms in total. The lowest BCUT2D eigenvalue weighted by atomic mass is 10.2. The van der Waals surface area contributed by atoms with Crippen molar-refractivity contribution in [1.29, 1.82) is 0 Å². The van der Waals surface area contributed by atoms with Crippen LogP contribution in [0.3, 0.4) is 0 Å². The predicted octanol–water partition coefficient (Wildman–Crippen LogP) is 5.06. The molecule has 4 rings (SSSR count). The van der Waals surface area contributed by atoms with Crippen LogP contribution < -0.4 is 0 Å². The van der Waals surface area contributed by atoms with E-state index in [1.54, 1.807) is 11.8 Å². The molecule has 0 saturated carbocycles. The van der Waals surface area contributed by atoms with Crippen LogP contribution in [-0.4, -0.2) is 15.0 Å². The highest BCUT2D eigenvalue weighted by Gasteiger charge is 2.05. The summed E-state index contributed by atoms with van der Waals surface area (Å²) in [4.78, 5) is 12.5. The van der Waals surface area contributed by atoms with Crippen molar-refractivity contribution in [2.75, 3.05) is 0 Å². The van der Waals surface area contributed by atoms with Gasteiger partial charge in [-0.05, 0) is 30.3 Å². The molecule has 5 heteroatoms. The standard InChI is InChI=1S/C17H12ClN3S/c18-12-6-8-15-16(9-12)21-17(20-15)22-10-13-7-5-11-3-1-2-4-14(11)19-13/h1-9H,10H2,(H,20,21). The van der Waals surface area contributed by atoms with Crippen molar-refractivity contribution in [1.82, 2.24) is 15.0 Å². The second kappa shape index (κ2) is 5.63. The highest BCUT2D eigenvalue weighted by atomic mass is 35.5. The average Bonchev–Trinajstić information content (AvgIpc) is 2.94. The molecule has 0 fully saturated rings. The molecule has 4 aromatic rings. The van der Waals surface area contributed by atoms with E-state index in [1.165, 1.54) is 0 Å². The molecule has 108 valence electrons. The maximum Gasteiger partial charge on any atom is 0.166 e. The van der Waals surface area contributed by atoms with Gasteiger partial charge in [-0.2, -0.15) is 0 Å². The van der Waals surface area contributed by atoms with Gasteiger partial charge in [-0.3, -0.25) is 4.98 Å². The van der Waals surface area contributed by atoms with Gasteiger partial charge in [-0.25, -0.2) is 4.98 Å². The van der Waals surface area contributed by atoms with E-state index < -0.39 is 0 Å². The lowest BCUT2D eigenvalue weighted by Crippen LogP contribution is -1.88. The Kier molecular flexibility index (Phi) is 3.48. The highest BCUT2D eigenvalue weighted by Crippen LogP contribution is 2.25. The smallest absolute Gasteiger partial charge is 0.166 e. The minimum atomic E-state index is 0.712. The summed E-state index contributed by atoms with van der Waals surface area (Å²) < 4.78 is 0. The van der Waals surface area contributed by atoms with Crippen LogP contribution in [0.2, 0.25) is 5.02 Å². The van der Waals surface area contributed by atoms with Crippen LogP contribution in [-0.2, 0) is 5.75 Å². The molecule has 0 atom stereocenters. The summed E-state index contributed by atoms with van der Waals surface area (Å²) in [5.41, 5.74) is 3.96. The topological polar surface area (TPSA) is 41.6 Å². The lowest BCUT2D eigenvalue weighted by molar-refractivity contribution is 1.07. The predicted molar refractivity (Wildman–Crippen MR) is 92.4 cm³/mol. The van der Waals surface area contributed by atoms with Crippen molar-refractivity contribution in [3.63, 3.8) is 0 Å². The van der Waals surface area contributed by atoms with Crippen molar-refractivity contribution in [2.45, 2.75) is 10.9 Å². The SMILES string of the molecule is Clc1ccc2nc(SCc3ccc4ccccc4n3)[nH]c2c1. The van der Waals surface area contributed by atoms with Crippen LogP contribution in [0.5, 0.6) is 0 Å². The molecule has 2 aromatic carbocycles. The molecule has 0 radical (unpaired) electrons. The summed E-state index contributed by atoms with van der Waals surface area (Å²) >= 11 is 7.63. The Morgan fingerprint density at radius 1 is 0.955 bits per heavy atom. The minimum Gasteiger partial charge on any atom is -0.333 e. The third kappa shape index (κ3) is 2.67. The molecule has 0 saturated heterocycles. The second-order valence-corrected chi connectivity index (χ2v) is 6.39. The summed E-state index contributed by atoms with van der Waals surface area (Å²) in [7, 11) is 0. The van der Waals surface area contributed by atoms with Gasteiger partial charge < -0.3 is 4.98 Å². The van der Waals surface area contributed by atoms with Crippen molar-refractivity contribution in [2.24, 2.45) is 0 Å². The largest absolute Gasteiger partial charge is 0.333 e. The fourth-order valence-corrected chi connectivity index (χ4v) is 3.32. The maximum atomic E-state index is 5.99. The molecule has 0 spiro atoms. The summed E-state index contributed by atoms with van der Waals surface area (Å²) in [6.07, 6.45) is 0. The molecule has 2 heterocycles. The first-order chi connectivity index (χ1) is 10.8. The van der Waals surface area contributed by atoms with Gasteiger partial charge >= 0.3 is 0 Å². The Morgan fingerprint density at radius 2 is 1.86 bits per heavy atom. The lowest BCUT2D eigenvalue weighted by Gasteiger charge is -2.01. The fraction of sp³-hybridized carbons (Fsp3) is 0.0588. The van der Waals surface area contributed by atoms with Gasteiger partial charge in [0.1, 0.15) is 0 Å². The summed E-state index contributed by atoms with van der Waals surface area (Å²) in [6.45, 7) is 0. The van der Waals surface area contributed by atoms with Crippen molar-refractivity contribution < 1.29 is 0 Å². The van der Waals surface area contributed by atoms with Crippen molar-refractivity contribution in [3.8, 4) is 0 Å². The number of nitrogens with zero attached hydrogens (tertiary/aromatic N) is 2. The maximum absolute atomic E-state index is 5.99. The van der Waals surface area contributed by atoms with Crippen LogP contribution in [0, 0.1) is 0 Å². The summed E-state index contributed by atoms with van der Waals surface area (Å²) in [5, 5.41) is 2.76. The molecule has 0 aliphatic rings. The van der Waals surface area contributed by atoms with Gasteiger partial charge in [0.05, 0.1) is 22.2 Å². The molecule has 0 bridgehead atoms. The first-order valence-electron chi connectivity index (χ1n) is 6.91. The number of para-hydroxylation sites is 1. The number of aromatic amines is 1. The summed E-state index contributed by atoms with van der Waals surface area (Å²) in [6, 6.07) is 18.0. The first kappa shape index (κ1) is 13.6. The fourth-order valence-electron chi connectivity index (χ4n) is 2.36. The quantitative estimate of drug-likeness (QED) is 0.535. The number of pyridine rings is 1. The zero-order chi connectivity index (χ0) is 14.9. The van der Waals surface area contributed by atoms with E-state index in [0.29, 0.717) is 5.02 Å². The minimum absolute atomic E-state index is 0.712. The van der Waals surface area contributed by atoms with E-state index >= 15 is 0 Å². The molecule has 1 N–H and O–H groups in total. The third-order valence-electron chi connectivity index (χ3n) is 3.44. The number of halogens is 1. The van der Waals surface area contributed by atoms with Crippen LogP contribution in [0.25, 0.3) is 21.9 Å². The van der Waals surface area contributed by atoms with Gasteiger partial charge in [-0.1, -0.05) is 47.6 Å². The van der Waals surface area contributed by atoms with E-state index in [9.17, 15) is 0 Å². The number of rotatable bonds is 3. The number of hydrogen-bond acceptors (Lipinski definition) is 3. The Morgan fingerprint density at radius 3 is 2.82 bits per heavy atom. The molecule has 2 aromatic heterocycles. The van der Waals surface area contributed by atoms with Crippen LogP contribution in [0.15, 0.2) is 59.8 Å². The Balaban J connectivity index is 1.56. The van der Waals surface area contributed by atoms with Crippen LogP contribution >= 0.6 is 23.4 Å². The second-order valence-electron chi connectivity index (χ2n) is 4.99. The third-order valence-corrected chi connectivity index (χ3v) is 4.58. The number of imidazole rings is 1. The number of thioether (sulfide) groups is 1. The zero-order valence-electron chi connectivity index (χ0n) is 11.6. The van der Waals surface area contributed by atoms with E-state index in [0.717, 1.165) is 38.5 Å². The molecular formula is C17H12ClN3S. The Labute approximate surface area is 136 Å². The number of hydrogen-bond donors (Lipinski definition) is 1. The number of aromatic nitrogens is 3. The molecule has 0 aliphatic heterocycles. The molecule has 22 heavy (non-hydrogen) atoms. The van der Waals surface area contributed by atoms with E-state index in [4.69, 9.17) is 11.6 Å². The van der Waals surface area contributed by atoms with E-state index in [2.05, 4.69) is 33.2 Å². The van der Waals surface area contributed by atoms with E-state index in [1.807, 2.05) is 36.4 Å². The average molecular weight is 326 g/mol. The van der Waals surface area contributed by atoms with Gasteiger partial charge in [0.25, 0.3) is 0 Å². The number of H-pyrrole nitrogens is 1. The van der Waals surface area contributed by atoms with Gasteiger partial charge in [0, 0.05) is 16.2 Å². The van der Waals surface area contributed by atoms with Crippen LogP contribution in [0.4, 0.5) is 0 Å². The monoisotopic (exact) mass is 325 g/mol. The van der Waals surface area contributed by atoms with Gasteiger partial charge in [0.2, 0.25) is 0 Å². The molecule has 0 unspecified atom stereocenters. The number of nitrogens with one attached hydrogen (secondary N) is 1. The first-order valence-corrected chi connectivity index (χ1v) is 8.27. The molecular weight excluding hydrogens is 314 g/mol. The molecule has 0 aliphatic carbocycles. The number of benzene rings is 2. The van der Waals surface area contributed by atoms with Crippen molar-refractivity contribution in [3.05, 3.63) is 65.3 Å². The van der Waals surface area contributed by atoms with Gasteiger partial charge in [-0.15, -0.1) is 0 Å². The Bertz CT molecular complexity index is 964. The highest BCUT2D eigenvalue weighted by molar-refractivity contribution is 7.98. The van der Waals surface area contributed by atoms with Crippen LogP contribution in [0.1, 0.15) is 5.69 Å². The zero-order valence-corrected chi connectivity index (χ0v) is 13.2. The molecule has 0 amide bonds. The van der Waals surface area contributed by atoms with E-state index in [-0.39, 0.29) is 0 Å². The van der Waals surface area contributed by atoms with Gasteiger partial charge in [0.15, 0.2) is 5.16 Å².